The summed E-state index contributed by atoms with van der Waals surface area (Å²) in [6.07, 6.45) is 5.69. The van der Waals surface area contributed by atoms with E-state index in [0.29, 0.717) is 11.1 Å². The van der Waals surface area contributed by atoms with E-state index in [2.05, 4.69) is 21.9 Å². The highest BCUT2D eigenvalue weighted by Crippen LogP contribution is 2.27. The Hall–Kier alpha value is -3.16. The van der Waals surface area contributed by atoms with E-state index < -0.39 is 30.4 Å². The molecule has 1 aromatic rings. The fraction of sp³-hybridized carbons (Fsp3) is 0.480. The first-order chi connectivity index (χ1) is 15.7. The van der Waals surface area contributed by atoms with Crippen molar-refractivity contribution in [3.63, 3.8) is 0 Å². The largest absolute Gasteiger partial charge is 0.453 e. The molecule has 8 heteroatoms. The topological polar surface area (TPSA) is 87.7 Å². The number of nitrogens with one attached hydrogen (secondary N) is 2. The summed E-state index contributed by atoms with van der Waals surface area (Å²) in [6.45, 7) is 8.68. The molecule has 180 valence electrons. The predicted octanol–water partition coefficient (Wildman–Crippen LogP) is 4.16. The lowest BCUT2D eigenvalue weighted by Crippen LogP contribution is -2.55. The second kappa shape index (κ2) is 12.2. The number of halogens is 1. The normalized spacial score (nSPS) is 14.6. The van der Waals surface area contributed by atoms with Crippen LogP contribution in [0.15, 0.2) is 42.0 Å². The third-order valence-electron chi connectivity index (χ3n) is 5.82. The summed E-state index contributed by atoms with van der Waals surface area (Å²) in [5.74, 6) is -1.46. The number of hydrogen-bond acceptors (Lipinski definition) is 4. The number of alkyl carbamates (subject to hydrolysis) is 1. The highest BCUT2D eigenvalue weighted by Gasteiger charge is 2.35. The first-order valence-corrected chi connectivity index (χ1v) is 11.2. The molecule has 0 saturated heterocycles. The first kappa shape index (κ1) is 26.1. The Morgan fingerprint density at radius 2 is 1.91 bits per heavy atom. The highest BCUT2D eigenvalue weighted by molar-refractivity contribution is 6.04. The highest BCUT2D eigenvalue weighted by atomic mass is 19.1. The minimum Gasteiger partial charge on any atom is -0.453 e. The van der Waals surface area contributed by atoms with Crippen LogP contribution in [0.3, 0.4) is 0 Å². The molecule has 1 aromatic carbocycles. The van der Waals surface area contributed by atoms with Crippen LogP contribution in [0, 0.1) is 12.7 Å². The van der Waals surface area contributed by atoms with Crippen LogP contribution in [0.25, 0.3) is 0 Å². The van der Waals surface area contributed by atoms with Crippen LogP contribution >= 0.6 is 0 Å². The number of allylic oxidation sites excluding steroid dienone is 1. The van der Waals surface area contributed by atoms with E-state index in [1.54, 1.807) is 25.1 Å². The molecule has 0 aromatic heterocycles. The van der Waals surface area contributed by atoms with Crippen molar-refractivity contribution in [2.45, 2.75) is 65.0 Å². The lowest BCUT2D eigenvalue weighted by Gasteiger charge is -2.34. The Kier molecular flexibility index (Phi) is 9.63. The molecule has 3 amide bonds. The second-order valence-corrected chi connectivity index (χ2v) is 8.45. The lowest BCUT2D eigenvalue weighted by atomic mass is 9.93. The molecule has 0 bridgehead atoms. The summed E-state index contributed by atoms with van der Waals surface area (Å²) in [5.41, 5.74) is 1.95. The Morgan fingerprint density at radius 3 is 2.45 bits per heavy atom. The molecule has 0 radical (unpaired) electrons. The van der Waals surface area contributed by atoms with Crippen molar-refractivity contribution in [2.75, 3.05) is 18.6 Å². The number of rotatable bonds is 8. The van der Waals surface area contributed by atoms with E-state index in [9.17, 15) is 18.8 Å². The van der Waals surface area contributed by atoms with Gasteiger partial charge in [-0.2, -0.15) is 0 Å². The van der Waals surface area contributed by atoms with Crippen molar-refractivity contribution in [2.24, 2.45) is 0 Å². The Balaban J connectivity index is 2.54. The van der Waals surface area contributed by atoms with Gasteiger partial charge in [0, 0.05) is 11.7 Å². The zero-order chi connectivity index (χ0) is 24.5. The Bertz CT molecular complexity index is 918. The lowest BCUT2D eigenvalue weighted by molar-refractivity contribution is -0.126. The number of benzene rings is 1. The summed E-state index contributed by atoms with van der Waals surface area (Å²) < 4.78 is 19.0. The molecule has 1 saturated carbocycles. The summed E-state index contributed by atoms with van der Waals surface area (Å²) in [4.78, 5) is 39.7. The molecule has 2 rings (SSSR count). The van der Waals surface area contributed by atoms with Gasteiger partial charge in [-0.15, -0.1) is 0 Å². The zero-order valence-electron chi connectivity index (χ0n) is 19.9. The molecular formula is C25H34FN3O4. The fourth-order valence-corrected chi connectivity index (χ4v) is 3.99. The molecule has 0 spiro atoms. The standard InChI is InChI=1S/C25H34FN3O4/c1-6-20(16(2)3)23(24(31)28-18-10-8-7-9-11-18)29(22(30)15-27-25(32)33-5)19-13-12-17(4)21(26)14-19/h6,12-14,18,23H,1,7-11,15H2,2-5H3,(H,27,32)(H,28,31). The molecule has 7 nitrogen and oxygen atoms in total. The second-order valence-electron chi connectivity index (χ2n) is 8.45. The molecule has 2 N–H and O–H groups in total. The molecule has 1 unspecified atom stereocenters. The van der Waals surface area contributed by atoms with Gasteiger partial charge in [0.2, 0.25) is 11.8 Å². The summed E-state index contributed by atoms with van der Waals surface area (Å²) in [5, 5.41) is 5.43. The number of carbonyl (C=O) groups excluding carboxylic acids is 3. The van der Waals surface area contributed by atoms with Crippen molar-refractivity contribution in [1.29, 1.82) is 0 Å². The Labute approximate surface area is 195 Å². The Morgan fingerprint density at radius 1 is 1.24 bits per heavy atom. The molecule has 1 fully saturated rings. The summed E-state index contributed by atoms with van der Waals surface area (Å²) in [7, 11) is 1.19. The number of amides is 3. The fourth-order valence-electron chi connectivity index (χ4n) is 3.99. The van der Waals surface area contributed by atoms with E-state index in [-0.39, 0.29) is 17.6 Å². The van der Waals surface area contributed by atoms with Gasteiger partial charge in [-0.3, -0.25) is 14.5 Å². The van der Waals surface area contributed by atoms with Gasteiger partial charge in [0.25, 0.3) is 0 Å². The first-order valence-electron chi connectivity index (χ1n) is 11.2. The number of anilines is 1. The third kappa shape index (κ3) is 6.91. The van der Waals surface area contributed by atoms with Gasteiger partial charge < -0.3 is 15.4 Å². The van der Waals surface area contributed by atoms with Gasteiger partial charge in [-0.05, 0) is 56.9 Å². The number of nitrogens with zero attached hydrogens (tertiary/aromatic N) is 1. The summed E-state index contributed by atoms with van der Waals surface area (Å²) in [6, 6.07) is 3.28. The molecular weight excluding hydrogens is 425 g/mol. The van der Waals surface area contributed by atoms with Crippen molar-refractivity contribution < 1.29 is 23.5 Å². The van der Waals surface area contributed by atoms with E-state index in [1.165, 1.54) is 18.1 Å². The van der Waals surface area contributed by atoms with E-state index >= 15 is 0 Å². The van der Waals surface area contributed by atoms with Crippen molar-refractivity contribution in [1.82, 2.24) is 10.6 Å². The molecule has 0 heterocycles. The molecule has 33 heavy (non-hydrogen) atoms. The maximum absolute atomic E-state index is 14.5. The van der Waals surface area contributed by atoms with Crippen LogP contribution < -0.4 is 15.5 Å². The average Bonchev–Trinajstić information content (AvgIpc) is 2.79. The SMILES string of the molecule is C=CC(=C(C)C)C(C(=O)NC1CCCCC1)N(C(=O)CNC(=O)OC)c1ccc(C)c(F)c1. The van der Waals surface area contributed by atoms with Gasteiger partial charge in [0.15, 0.2) is 0 Å². The smallest absolute Gasteiger partial charge is 0.407 e. The van der Waals surface area contributed by atoms with Crippen LogP contribution in [0.1, 0.15) is 51.5 Å². The van der Waals surface area contributed by atoms with E-state index in [1.807, 2.05) is 13.8 Å². The summed E-state index contributed by atoms with van der Waals surface area (Å²) >= 11 is 0. The van der Waals surface area contributed by atoms with Gasteiger partial charge >= 0.3 is 6.09 Å². The number of hydrogen-bond donors (Lipinski definition) is 2. The van der Waals surface area contributed by atoms with Crippen molar-refractivity contribution >= 4 is 23.6 Å². The molecule has 1 aliphatic carbocycles. The van der Waals surface area contributed by atoms with Crippen LogP contribution in [0.5, 0.6) is 0 Å². The molecule has 1 aliphatic rings. The van der Waals surface area contributed by atoms with Gasteiger partial charge in [-0.1, -0.05) is 43.6 Å². The monoisotopic (exact) mass is 459 g/mol. The van der Waals surface area contributed by atoms with E-state index in [4.69, 9.17) is 0 Å². The predicted molar refractivity (Wildman–Crippen MR) is 126 cm³/mol. The van der Waals surface area contributed by atoms with Crippen LogP contribution in [-0.4, -0.2) is 43.6 Å². The minimum absolute atomic E-state index is 0.0110. The van der Waals surface area contributed by atoms with Crippen molar-refractivity contribution in [3.8, 4) is 0 Å². The number of ether oxygens (including phenoxy) is 1. The van der Waals surface area contributed by atoms with Crippen LogP contribution in [-0.2, 0) is 14.3 Å². The maximum atomic E-state index is 14.5. The average molecular weight is 460 g/mol. The third-order valence-corrected chi connectivity index (χ3v) is 5.82. The number of methoxy groups -OCH3 is 1. The zero-order valence-corrected chi connectivity index (χ0v) is 19.9. The molecule has 0 aliphatic heterocycles. The maximum Gasteiger partial charge on any atom is 0.407 e. The number of aryl methyl sites for hydroxylation is 1. The van der Waals surface area contributed by atoms with Gasteiger partial charge in [0.1, 0.15) is 18.4 Å². The minimum atomic E-state index is -1.08. The van der Waals surface area contributed by atoms with Crippen LogP contribution in [0.2, 0.25) is 0 Å². The van der Waals surface area contributed by atoms with Crippen LogP contribution in [0.4, 0.5) is 14.9 Å². The van der Waals surface area contributed by atoms with E-state index in [0.717, 1.165) is 37.7 Å². The van der Waals surface area contributed by atoms with Crippen molar-refractivity contribution in [3.05, 3.63) is 53.4 Å². The van der Waals surface area contributed by atoms with Gasteiger partial charge in [-0.25, -0.2) is 9.18 Å². The number of carbonyl (C=O) groups is 3. The quantitative estimate of drug-likeness (QED) is 0.572. The van der Waals surface area contributed by atoms with Gasteiger partial charge in [0.05, 0.1) is 7.11 Å². The molecule has 1 atom stereocenters.